The summed E-state index contributed by atoms with van der Waals surface area (Å²) >= 11 is 0. The summed E-state index contributed by atoms with van der Waals surface area (Å²) in [5, 5.41) is 24.2. The summed E-state index contributed by atoms with van der Waals surface area (Å²) in [7, 11) is 0. The van der Waals surface area contributed by atoms with Crippen LogP contribution in [0.1, 0.15) is 28.0 Å². The van der Waals surface area contributed by atoms with Crippen molar-refractivity contribution in [2.75, 3.05) is 18.4 Å². The highest BCUT2D eigenvalue weighted by Gasteiger charge is 2.05. The molecule has 0 radical (unpaired) electrons. The normalized spacial score (nSPS) is 9.91. The molecule has 0 aliphatic carbocycles. The quantitative estimate of drug-likeness (QED) is 0.711. The molecule has 0 atom stereocenters. The van der Waals surface area contributed by atoms with Gasteiger partial charge in [0.05, 0.1) is 0 Å². The van der Waals surface area contributed by atoms with Crippen LogP contribution in [0.2, 0.25) is 0 Å². The van der Waals surface area contributed by atoms with E-state index in [2.05, 4.69) is 15.6 Å². The third-order valence-corrected chi connectivity index (χ3v) is 3.26. The van der Waals surface area contributed by atoms with Crippen molar-refractivity contribution < 1.29 is 9.90 Å². The highest BCUT2D eigenvalue weighted by atomic mass is 16.3. The van der Waals surface area contributed by atoms with Crippen LogP contribution in [0.4, 0.5) is 5.82 Å². The lowest BCUT2D eigenvalue weighted by Gasteiger charge is -2.08. The molecule has 2 rings (SSSR count). The summed E-state index contributed by atoms with van der Waals surface area (Å²) < 4.78 is 0. The molecule has 0 aliphatic heterocycles. The van der Waals surface area contributed by atoms with Gasteiger partial charge in [-0.15, -0.1) is 0 Å². The van der Waals surface area contributed by atoms with E-state index in [0.717, 1.165) is 5.56 Å². The van der Waals surface area contributed by atoms with E-state index in [1.165, 1.54) is 12.1 Å². The molecular weight excluding hydrogens is 292 g/mol. The lowest BCUT2D eigenvalue weighted by Crippen LogP contribution is -2.25. The van der Waals surface area contributed by atoms with Crippen molar-refractivity contribution in [3.8, 4) is 11.8 Å². The van der Waals surface area contributed by atoms with E-state index in [0.29, 0.717) is 36.6 Å². The maximum atomic E-state index is 11.9. The van der Waals surface area contributed by atoms with Crippen LogP contribution in [-0.2, 0) is 0 Å². The topological polar surface area (TPSA) is 98.0 Å². The summed E-state index contributed by atoms with van der Waals surface area (Å²) in [6.07, 6.45) is 0.710. The van der Waals surface area contributed by atoms with Crippen molar-refractivity contribution in [3.63, 3.8) is 0 Å². The molecule has 118 valence electrons. The first-order chi connectivity index (χ1) is 11.1. The monoisotopic (exact) mass is 310 g/mol. The first-order valence-electron chi connectivity index (χ1n) is 7.29. The Morgan fingerprint density at radius 1 is 1.30 bits per heavy atom. The Morgan fingerprint density at radius 3 is 2.87 bits per heavy atom. The highest BCUT2D eigenvalue weighted by molar-refractivity contribution is 5.94. The molecule has 0 saturated carbocycles. The van der Waals surface area contributed by atoms with Crippen LogP contribution >= 0.6 is 0 Å². The van der Waals surface area contributed by atoms with Gasteiger partial charge in [0.2, 0.25) is 0 Å². The molecule has 1 aromatic heterocycles. The molecule has 0 spiro atoms. The van der Waals surface area contributed by atoms with Crippen LogP contribution in [0, 0.1) is 18.3 Å². The van der Waals surface area contributed by atoms with Crippen LogP contribution in [0.25, 0.3) is 0 Å². The van der Waals surface area contributed by atoms with Gasteiger partial charge in [-0.25, -0.2) is 4.98 Å². The number of aromatic hydroxyl groups is 1. The fourth-order valence-corrected chi connectivity index (χ4v) is 2.00. The molecule has 1 aromatic carbocycles. The number of phenols is 1. The van der Waals surface area contributed by atoms with Crippen molar-refractivity contribution >= 4 is 11.7 Å². The maximum absolute atomic E-state index is 11.9. The Hall–Kier alpha value is -3.07. The standard InChI is InChI=1S/C17H18N4O2/c1-12-6-7-16(21-15(12)11-18)19-8-3-9-20-17(23)13-4-2-5-14(22)10-13/h2,4-7,10,22H,3,8-9H2,1H3,(H,19,21)(H,20,23). The van der Waals surface area contributed by atoms with Crippen LogP contribution in [0.3, 0.4) is 0 Å². The number of carbonyl (C=O) groups is 1. The van der Waals surface area contributed by atoms with E-state index in [1.807, 2.05) is 25.1 Å². The number of amides is 1. The van der Waals surface area contributed by atoms with E-state index in [1.54, 1.807) is 12.1 Å². The number of rotatable bonds is 6. The van der Waals surface area contributed by atoms with E-state index in [9.17, 15) is 9.90 Å². The highest BCUT2D eigenvalue weighted by Crippen LogP contribution is 2.11. The number of hydrogen-bond donors (Lipinski definition) is 3. The minimum Gasteiger partial charge on any atom is -0.508 e. The van der Waals surface area contributed by atoms with Gasteiger partial charge >= 0.3 is 0 Å². The Balaban J connectivity index is 1.74. The van der Waals surface area contributed by atoms with Crippen molar-refractivity contribution in [1.29, 1.82) is 5.26 Å². The van der Waals surface area contributed by atoms with E-state index >= 15 is 0 Å². The average molecular weight is 310 g/mol. The third-order valence-electron chi connectivity index (χ3n) is 3.26. The minimum atomic E-state index is -0.221. The molecule has 6 heteroatoms. The Bertz CT molecular complexity index is 738. The molecule has 2 aromatic rings. The van der Waals surface area contributed by atoms with Gasteiger partial charge in [-0.3, -0.25) is 4.79 Å². The van der Waals surface area contributed by atoms with Gasteiger partial charge in [0.25, 0.3) is 5.91 Å². The average Bonchev–Trinajstić information content (AvgIpc) is 2.55. The molecular formula is C17H18N4O2. The summed E-state index contributed by atoms with van der Waals surface area (Å²) in [6, 6.07) is 11.9. The van der Waals surface area contributed by atoms with Crippen molar-refractivity contribution in [2.24, 2.45) is 0 Å². The maximum Gasteiger partial charge on any atom is 0.251 e. The number of benzene rings is 1. The number of nitriles is 1. The molecule has 1 heterocycles. The third kappa shape index (κ3) is 4.71. The second-order valence-corrected chi connectivity index (χ2v) is 5.06. The van der Waals surface area contributed by atoms with Gasteiger partial charge in [0.1, 0.15) is 23.3 Å². The van der Waals surface area contributed by atoms with Crippen molar-refractivity contribution in [1.82, 2.24) is 10.3 Å². The van der Waals surface area contributed by atoms with Crippen LogP contribution in [0.15, 0.2) is 36.4 Å². The van der Waals surface area contributed by atoms with Gasteiger partial charge in [-0.1, -0.05) is 12.1 Å². The van der Waals surface area contributed by atoms with Gasteiger partial charge in [0, 0.05) is 18.7 Å². The number of phenolic OH excluding ortho intramolecular Hbond substituents is 1. The number of anilines is 1. The number of hydrogen-bond acceptors (Lipinski definition) is 5. The molecule has 1 amide bonds. The predicted octanol–water partition coefficient (Wildman–Crippen LogP) is 2.20. The predicted molar refractivity (Wildman–Crippen MR) is 87.2 cm³/mol. The zero-order valence-electron chi connectivity index (χ0n) is 12.8. The van der Waals surface area contributed by atoms with Gasteiger partial charge in [0.15, 0.2) is 0 Å². The van der Waals surface area contributed by atoms with Gasteiger partial charge in [-0.2, -0.15) is 5.26 Å². The van der Waals surface area contributed by atoms with E-state index in [-0.39, 0.29) is 11.7 Å². The molecule has 3 N–H and O–H groups in total. The number of aryl methyl sites for hydroxylation is 1. The largest absolute Gasteiger partial charge is 0.508 e. The zero-order valence-corrected chi connectivity index (χ0v) is 12.8. The lowest BCUT2D eigenvalue weighted by molar-refractivity contribution is 0.0953. The first-order valence-corrected chi connectivity index (χ1v) is 7.29. The Kier molecular flexibility index (Phi) is 5.53. The first kappa shape index (κ1) is 16.3. The van der Waals surface area contributed by atoms with Crippen molar-refractivity contribution in [3.05, 3.63) is 53.2 Å². The molecule has 0 aliphatic rings. The molecule has 0 unspecified atom stereocenters. The summed E-state index contributed by atoms with van der Waals surface area (Å²) in [5.41, 5.74) is 1.68. The number of carbonyl (C=O) groups excluding carboxylic acids is 1. The second kappa shape index (κ2) is 7.80. The molecule has 23 heavy (non-hydrogen) atoms. The fourth-order valence-electron chi connectivity index (χ4n) is 2.00. The number of nitrogens with zero attached hydrogens (tertiary/aromatic N) is 2. The Morgan fingerprint density at radius 2 is 2.13 bits per heavy atom. The van der Waals surface area contributed by atoms with Gasteiger partial charge < -0.3 is 15.7 Å². The molecule has 0 fully saturated rings. The number of aromatic nitrogens is 1. The lowest BCUT2D eigenvalue weighted by atomic mass is 10.2. The van der Waals surface area contributed by atoms with Crippen LogP contribution < -0.4 is 10.6 Å². The van der Waals surface area contributed by atoms with E-state index < -0.39 is 0 Å². The summed E-state index contributed by atoms with van der Waals surface area (Å²) in [5.74, 6) is 0.491. The SMILES string of the molecule is Cc1ccc(NCCCNC(=O)c2cccc(O)c2)nc1C#N. The summed E-state index contributed by atoms with van der Waals surface area (Å²) in [4.78, 5) is 16.1. The number of nitrogens with one attached hydrogen (secondary N) is 2. The Labute approximate surface area is 134 Å². The van der Waals surface area contributed by atoms with Crippen LogP contribution in [-0.4, -0.2) is 29.1 Å². The minimum absolute atomic E-state index is 0.0676. The molecule has 6 nitrogen and oxygen atoms in total. The van der Waals surface area contributed by atoms with Crippen molar-refractivity contribution in [2.45, 2.75) is 13.3 Å². The van der Waals surface area contributed by atoms with E-state index in [4.69, 9.17) is 5.26 Å². The zero-order chi connectivity index (χ0) is 16.7. The smallest absolute Gasteiger partial charge is 0.251 e. The second-order valence-electron chi connectivity index (χ2n) is 5.06. The van der Waals surface area contributed by atoms with Gasteiger partial charge in [-0.05, 0) is 43.2 Å². The summed E-state index contributed by atoms with van der Waals surface area (Å²) in [6.45, 7) is 2.96. The number of pyridine rings is 1. The molecule has 0 bridgehead atoms. The van der Waals surface area contributed by atoms with Crippen LogP contribution in [0.5, 0.6) is 5.75 Å². The fraction of sp³-hybridized carbons (Fsp3) is 0.235. The molecule has 0 saturated heterocycles.